The van der Waals surface area contributed by atoms with Crippen LogP contribution < -0.4 is 10.2 Å². The molecule has 0 spiro atoms. The highest BCUT2D eigenvalue weighted by Crippen LogP contribution is 2.25. The van der Waals surface area contributed by atoms with E-state index in [1.807, 2.05) is 0 Å². The summed E-state index contributed by atoms with van der Waals surface area (Å²) in [6.45, 7) is 11.8. The Morgan fingerprint density at radius 1 is 1.07 bits per heavy atom. The number of hydrogen-bond acceptors (Lipinski definition) is 7. The lowest BCUT2D eigenvalue weighted by atomic mass is 10.1. The molecule has 1 aromatic carbocycles. The molecule has 1 atom stereocenters. The number of likely N-dealkylation sites (N-methyl/N-ethyl adjacent to an activating group) is 1. The fraction of sp³-hybridized carbons (Fsp3) is 0.600. The van der Waals surface area contributed by atoms with Gasteiger partial charge in [0.2, 0.25) is 0 Å². The van der Waals surface area contributed by atoms with Crippen LogP contribution in [0.3, 0.4) is 0 Å². The number of nitrogens with one attached hydrogen (secondary N) is 1. The van der Waals surface area contributed by atoms with Gasteiger partial charge in [-0.3, -0.25) is 9.80 Å². The van der Waals surface area contributed by atoms with Crippen molar-refractivity contribution in [3.8, 4) is 11.5 Å². The Balaban J connectivity index is 1.42. The summed E-state index contributed by atoms with van der Waals surface area (Å²) in [6, 6.07) is 9.30. The van der Waals surface area contributed by atoms with Gasteiger partial charge in [0, 0.05) is 63.1 Å². The molecule has 3 heterocycles. The van der Waals surface area contributed by atoms with E-state index in [0.717, 1.165) is 57.2 Å². The molecule has 0 amide bonds. The fourth-order valence-electron chi connectivity index (χ4n) is 3.89. The zero-order chi connectivity index (χ0) is 18.8. The molecule has 7 heteroatoms. The summed E-state index contributed by atoms with van der Waals surface area (Å²) in [5.74, 6) is 1.36. The lowest BCUT2D eigenvalue weighted by Gasteiger charge is -2.38. The van der Waals surface area contributed by atoms with Crippen LogP contribution in [-0.2, 0) is 0 Å². The van der Waals surface area contributed by atoms with Gasteiger partial charge >= 0.3 is 0 Å². The molecule has 0 bridgehead atoms. The molecule has 2 aliphatic heterocycles. The third-order valence-corrected chi connectivity index (χ3v) is 5.77. The molecule has 1 N–H and O–H groups in total. The molecule has 0 aliphatic carbocycles. The molecule has 4 rings (SSSR count). The van der Waals surface area contributed by atoms with Crippen LogP contribution >= 0.6 is 0 Å². The molecular formula is C20H30N6O. The van der Waals surface area contributed by atoms with Crippen molar-refractivity contribution in [2.24, 2.45) is 0 Å². The molecular weight excluding hydrogens is 340 g/mol. The van der Waals surface area contributed by atoms with Crippen molar-refractivity contribution in [3.05, 3.63) is 30.1 Å². The molecule has 2 fully saturated rings. The van der Waals surface area contributed by atoms with E-state index in [2.05, 4.69) is 75.3 Å². The summed E-state index contributed by atoms with van der Waals surface area (Å²) in [5, 5.41) is 7.61. The van der Waals surface area contributed by atoms with Gasteiger partial charge in [0.25, 0.3) is 5.89 Å². The van der Waals surface area contributed by atoms with E-state index in [-0.39, 0.29) is 6.04 Å². The van der Waals surface area contributed by atoms with Crippen LogP contribution in [0.25, 0.3) is 11.5 Å². The Labute approximate surface area is 161 Å². The van der Waals surface area contributed by atoms with Crippen LogP contribution in [0.5, 0.6) is 0 Å². The molecule has 7 nitrogen and oxygen atoms in total. The summed E-state index contributed by atoms with van der Waals surface area (Å²) in [7, 11) is 2.11. The number of nitrogens with zero attached hydrogens (tertiary/aromatic N) is 5. The number of hydrogen-bond donors (Lipinski definition) is 1. The van der Waals surface area contributed by atoms with E-state index in [0.29, 0.717) is 11.9 Å². The van der Waals surface area contributed by atoms with Crippen LogP contribution in [0, 0.1) is 0 Å². The molecule has 146 valence electrons. The van der Waals surface area contributed by atoms with Crippen molar-refractivity contribution in [3.63, 3.8) is 0 Å². The van der Waals surface area contributed by atoms with Crippen molar-refractivity contribution in [2.45, 2.75) is 25.9 Å². The van der Waals surface area contributed by atoms with E-state index in [9.17, 15) is 0 Å². The highest BCUT2D eigenvalue weighted by molar-refractivity contribution is 5.59. The third-order valence-electron chi connectivity index (χ3n) is 5.77. The standard InChI is InChI=1S/C20H30N6O/c1-15(2)25-10-12-26(13-11-25)17-6-4-16(5-7-17)20-22-19(23-27-20)18-14-21-8-9-24(18)3/h4-7,15,18,21H,8-14H2,1-3H3. The van der Waals surface area contributed by atoms with Crippen molar-refractivity contribution in [1.82, 2.24) is 25.3 Å². The fourth-order valence-corrected chi connectivity index (χ4v) is 3.89. The average Bonchev–Trinajstić information content (AvgIpc) is 3.18. The maximum atomic E-state index is 5.54. The van der Waals surface area contributed by atoms with Crippen LogP contribution in [0.4, 0.5) is 5.69 Å². The SMILES string of the molecule is CC(C)N1CCN(c2ccc(-c3nc(C4CNCCN4C)no3)cc2)CC1. The van der Waals surface area contributed by atoms with E-state index in [1.54, 1.807) is 0 Å². The first-order valence-corrected chi connectivity index (χ1v) is 9.96. The normalized spacial score (nSPS) is 22.5. The second kappa shape index (κ2) is 7.96. The summed E-state index contributed by atoms with van der Waals surface area (Å²) in [6.07, 6.45) is 0. The number of rotatable bonds is 4. The number of anilines is 1. The minimum absolute atomic E-state index is 0.174. The quantitative estimate of drug-likeness (QED) is 0.881. The summed E-state index contributed by atoms with van der Waals surface area (Å²) in [4.78, 5) is 11.9. The second-order valence-electron chi connectivity index (χ2n) is 7.82. The van der Waals surface area contributed by atoms with Crippen molar-refractivity contribution in [1.29, 1.82) is 0 Å². The average molecular weight is 371 g/mol. The molecule has 2 aromatic rings. The minimum atomic E-state index is 0.174. The van der Waals surface area contributed by atoms with Gasteiger partial charge in [-0.1, -0.05) is 5.16 Å². The molecule has 0 saturated carbocycles. The van der Waals surface area contributed by atoms with Gasteiger partial charge in [0.1, 0.15) is 0 Å². The molecule has 0 radical (unpaired) electrons. The maximum Gasteiger partial charge on any atom is 0.257 e. The Bertz CT molecular complexity index is 735. The zero-order valence-electron chi connectivity index (χ0n) is 16.6. The van der Waals surface area contributed by atoms with Gasteiger partial charge in [-0.15, -0.1) is 0 Å². The van der Waals surface area contributed by atoms with Crippen LogP contribution in [0.2, 0.25) is 0 Å². The molecule has 2 saturated heterocycles. The van der Waals surface area contributed by atoms with Crippen LogP contribution in [0.1, 0.15) is 25.7 Å². The summed E-state index contributed by atoms with van der Waals surface area (Å²) < 4.78 is 5.54. The Morgan fingerprint density at radius 2 is 1.81 bits per heavy atom. The van der Waals surface area contributed by atoms with Gasteiger partial charge in [-0.05, 0) is 45.2 Å². The van der Waals surface area contributed by atoms with E-state index in [1.165, 1.54) is 5.69 Å². The second-order valence-corrected chi connectivity index (χ2v) is 7.82. The maximum absolute atomic E-state index is 5.54. The summed E-state index contributed by atoms with van der Waals surface area (Å²) >= 11 is 0. The molecule has 27 heavy (non-hydrogen) atoms. The topological polar surface area (TPSA) is 60.7 Å². The zero-order valence-corrected chi connectivity index (χ0v) is 16.6. The number of aromatic nitrogens is 2. The van der Waals surface area contributed by atoms with Gasteiger partial charge in [0.15, 0.2) is 5.82 Å². The monoisotopic (exact) mass is 370 g/mol. The van der Waals surface area contributed by atoms with Gasteiger partial charge < -0.3 is 14.7 Å². The first kappa shape index (κ1) is 18.4. The molecule has 1 aromatic heterocycles. The van der Waals surface area contributed by atoms with Crippen LogP contribution in [0.15, 0.2) is 28.8 Å². The largest absolute Gasteiger partial charge is 0.369 e. The highest BCUT2D eigenvalue weighted by Gasteiger charge is 2.25. The Morgan fingerprint density at radius 3 is 2.48 bits per heavy atom. The third kappa shape index (κ3) is 4.00. The first-order chi connectivity index (χ1) is 13.1. The molecule has 2 aliphatic rings. The minimum Gasteiger partial charge on any atom is -0.369 e. The van der Waals surface area contributed by atoms with E-state index >= 15 is 0 Å². The first-order valence-electron chi connectivity index (χ1n) is 9.96. The Kier molecular flexibility index (Phi) is 5.43. The van der Waals surface area contributed by atoms with Gasteiger partial charge in [-0.25, -0.2) is 0 Å². The van der Waals surface area contributed by atoms with Crippen molar-refractivity contribution < 1.29 is 4.52 Å². The Hall–Kier alpha value is -1.96. The highest BCUT2D eigenvalue weighted by atomic mass is 16.5. The number of benzene rings is 1. The van der Waals surface area contributed by atoms with Crippen molar-refractivity contribution in [2.75, 3.05) is 57.8 Å². The van der Waals surface area contributed by atoms with Crippen molar-refractivity contribution >= 4 is 5.69 Å². The smallest absolute Gasteiger partial charge is 0.257 e. The summed E-state index contributed by atoms with van der Waals surface area (Å²) in [5.41, 5.74) is 2.24. The number of piperazine rings is 2. The lowest BCUT2D eigenvalue weighted by molar-refractivity contribution is 0.190. The van der Waals surface area contributed by atoms with E-state index in [4.69, 9.17) is 4.52 Å². The van der Waals surface area contributed by atoms with E-state index < -0.39 is 0 Å². The predicted molar refractivity (Wildman–Crippen MR) is 107 cm³/mol. The molecule has 1 unspecified atom stereocenters. The van der Waals surface area contributed by atoms with Gasteiger partial charge in [-0.2, -0.15) is 4.98 Å². The lowest BCUT2D eigenvalue weighted by Crippen LogP contribution is -2.48. The van der Waals surface area contributed by atoms with Crippen LogP contribution in [-0.4, -0.2) is 78.8 Å². The predicted octanol–water partition coefficient (Wildman–Crippen LogP) is 1.84. The van der Waals surface area contributed by atoms with Gasteiger partial charge in [0.05, 0.1) is 6.04 Å².